The number of para-hydroxylation sites is 1. The predicted molar refractivity (Wildman–Crippen MR) is 74.3 cm³/mol. The summed E-state index contributed by atoms with van der Waals surface area (Å²) in [7, 11) is 0. The van der Waals surface area contributed by atoms with Crippen LogP contribution in [0.1, 0.15) is 10.4 Å². The summed E-state index contributed by atoms with van der Waals surface area (Å²) < 4.78 is 15.8. The highest BCUT2D eigenvalue weighted by atomic mass is 32.1. The molecule has 0 bridgehead atoms. The van der Waals surface area contributed by atoms with Crippen LogP contribution in [0.4, 0.5) is 4.39 Å². The van der Waals surface area contributed by atoms with E-state index in [4.69, 9.17) is 5.11 Å². The third-order valence-corrected chi connectivity index (χ3v) is 4.00. The van der Waals surface area contributed by atoms with Crippen molar-refractivity contribution < 1.29 is 14.3 Å². The van der Waals surface area contributed by atoms with Gasteiger partial charge in [0, 0.05) is 0 Å². The van der Waals surface area contributed by atoms with E-state index in [0.29, 0.717) is 10.1 Å². The molecule has 0 radical (unpaired) electrons. The summed E-state index contributed by atoms with van der Waals surface area (Å²) >= 11 is 1.02. The van der Waals surface area contributed by atoms with Crippen LogP contribution in [0.15, 0.2) is 47.3 Å². The first kappa shape index (κ1) is 12.6. The number of benzene rings is 2. The number of hydrogen-bond acceptors (Lipinski definition) is 3. The largest absolute Gasteiger partial charge is 0.478 e. The van der Waals surface area contributed by atoms with E-state index in [1.807, 2.05) is 0 Å². The van der Waals surface area contributed by atoms with Gasteiger partial charge in [-0.15, -0.1) is 0 Å². The number of rotatable bonds is 2. The van der Waals surface area contributed by atoms with Crippen LogP contribution in [0.25, 0.3) is 15.8 Å². The topological polar surface area (TPSA) is 59.3 Å². The lowest BCUT2D eigenvalue weighted by Gasteiger charge is -2.06. The van der Waals surface area contributed by atoms with Gasteiger partial charge >= 0.3 is 5.97 Å². The van der Waals surface area contributed by atoms with Crippen LogP contribution >= 0.6 is 11.5 Å². The molecule has 0 aliphatic rings. The Balaban J connectivity index is 2.40. The van der Waals surface area contributed by atoms with Crippen molar-refractivity contribution in [3.05, 3.63) is 64.2 Å². The molecule has 20 heavy (non-hydrogen) atoms. The maximum absolute atomic E-state index is 14.0. The zero-order chi connectivity index (χ0) is 14.3. The smallest absolute Gasteiger partial charge is 0.337 e. The molecule has 0 spiro atoms. The fourth-order valence-electron chi connectivity index (χ4n) is 2.01. The molecule has 0 saturated carbocycles. The molecule has 0 aliphatic heterocycles. The van der Waals surface area contributed by atoms with E-state index < -0.39 is 17.3 Å². The molecule has 0 unspecified atom stereocenters. The number of carboxylic acids is 1. The first-order valence-electron chi connectivity index (χ1n) is 5.73. The van der Waals surface area contributed by atoms with Gasteiger partial charge in [0.05, 0.1) is 15.6 Å². The van der Waals surface area contributed by atoms with E-state index in [0.717, 1.165) is 21.6 Å². The second-order valence-electron chi connectivity index (χ2n) is 4.13. The Kier molecular flexibility index (Phi) is 2.87. The highest BCUT2D eigenvalue weighted by Gasteiger charge is 2.19. The van der Waals surface area contributed by atoms with Gasteiger partial charge in [0.15, 0.2) is 0 Å². The van der Waals surface area contributed by atoms with E-state index in [1.165, 1.54) is 12.1 Å². The number of hydrogen-bond donors (Lipinski definition) is 1. The number of halogens is 1. The van der Waals surface area contributed by atoms with Crippen molar-refractivity contribution in [3.63, 3.8) is 0 Å². The number of fused-ring (bicyclic) bond motifs is 1. The normalized spacial score (nSPS) is 10.8. The molecule has 3 aromatic rings. The van der Waals surface area contributed by atoms with Gasteiger partial charge in [-0.05, 0) is 24.3 Å². The van der Waals surface area contributed by atoms with Crippen molar-refractivity contribution in [2.45, 2.75) is 0 Å². The number of aromatic nitrogens is 1. The molecule has 1 aromatic heterocycles. The van der Waals surface area contributed by atoms with Crippen LogP contribution in [-0.2, 0) is 0 Å². The van der Waals surface area contributed by atoms with Crippen LogP contribution in [0, 0.1) is 5.82 Å². The Bertz CT molecular complexity index is 882. The molecule has 100 valence electrons. The quantitative estimate of drug-likeness (QED) is 0.789. The van der Waals surface area contributed by atoms with Gasteiger partial charge < -0.3 is 5.11 Å². The Labute approximate surface area is 116 Å². The summed E-state index contributed by atoms with van der Waals surface area (Å²) in [6.07, 6.45) is 0. The predicted octanol–water partition coefficient (Wildman–Crippen LogP) is 2.89. The van der Waals surface area contributed by atoms with Crippen molar-refractivity contribution in [2.24, 2.45) is 0 Å². The lowest BCUT2D eigenvalue weighted by molar-refractivity contribution is 0.0696. The molecule has 3 rings (SSSR count). The maximum atomic E-state index is 14.0. The van der Waals surface area contributed by atoms with Crippen molar-refractivity contribution in [2.75, 3.05) is 0 Å². The Morgan fingerprint density at radius 3 is 2.60 bits per heavy atom. The van der Waals surface area contributed by atoms with Gasteiger partial charge in [-0.1, -0.05) is 29.7 Å². The molecule has 1 heterocycles. The standard InChI is InChI=1S/C14H8FNO3S/c15-10-6-3-5-9(14(18)19)12(10)16-13(17)8-4-1-2-7-11(8)20-16/h1-7H,(H,18,19). The second kappa shape index (κ2) is 4.57. The summed E-state index contributed by atoms with van der Waals surface area (Å²) in [6, 6.07) is 10.6. The number of carboxylic acid groups (broad SMARTS) is 1. The first-order chi connectivity index (χ1) is 9.59. The Morgan fingerprint density at radius 1 is 1.15 bits per heavy atom. The van der Waals surface area contributed by atoms with E-state index in [2.05, 4.69) is 0 Å². The molecule has 0 amide bonds. The molecule has 0 atom stereocenters. The molecule has 2 aromatic carbocycles. The maximum Gasteiger partial charge on any atom is 0.337 e. The van der Waals surface area contributed by atoms with Crippen LogP contribution in [0.5, 0.6) is 0 Å². The minimum Gasteiger partial charge on any atom is -0.478 e. The van der Waals surface area contributed by atoms with Crippen molar-refractivity contribution in [3.8, 4) is 5.69 Å². The van der Waals surface area contributed by atoms with Crippen LogP contribution < -0.4 is 5.56 Å². The molecule has 0 saturated heterocycles. The van der Waals surface area contributed by atoms with Crippen LogP contribution in [0.3, 0.4) is 0 Å². The third-order valence-electron chi connectivity index (χ3n) is 2.91. The summed E-state index contributed by atoms with van der Waals surface area (Å²) in [5.41, 5.74) is -0.872. The van der Waals surface area contributed by atoms with Gasteiger partial charge in [0.2, 0.25) is 0 Å². The fourth-order valence-corrected chi connectivity index (χ4v) is 3.06. The highest BCUT2D eigenvalue weighted by Crippen LogP contribution is 2.24. The van der Waals surface area contributed by atoms with Gasteiger partial charge in [0.1, 0.15) is 11.5 Å². The third kappa shape index (κ3) is 1.81. The average Bonchev–Trinajstić information content (AvgIpc) is 2.76. The van der Waals surface area contributed by atoms with E-state index >= 15 is 0 Å². The average molecular weight is 289 g/mol. The van der Waals surface area contributed by atoms with Crippen LogP contribution in [0.2, 0.25) is 0 Å². The Morgan fingerprint density at radius 2 is 1.90 bits per heavy atom. The molecule has 6 heteroatoms. The Hall–Kier alpha value is -2.47. The fraction of sp³-hybridized carbons (Fsp3) is 0. The highest BCUT2D eigenvalue weighted by molar-refractivity contribution is 7.14. The van der Waals surface area contributed by atoms with Crippen molar-refractivity contribution >= 4 is 27.6 Å². The lowest BCUT2D eigenvalue weighted by Crippen LogP contribution is -2.16. The van der Waals surface area contributed by atoms with Gasteiger partial charge in [-0.25, -0.2) is 13.1 Å². The van der Waals surface area contributed by atoms with E-state index in [-0.39, 0.29) is 11.3 Å². The minimum absolute atomic E-state index is 0.216. The van der Waals surface area contributed by atoms with E-state index in [9.17, 15) is 14.0 Å². The van der Waals surface area contributed by atoms with Gasteiger partial charge in [0.25, 0.3) is 5.56 Å². The molecule has 4 nitrogen and oxygen atoms in total. The lowest BCUT2D eigenvalue weighted by atomic mass is 10.1. The monoisotopic (exact) mass is 289 g/mol. The summed E-state index contributed by atoms with van der Waals surface area (Å²) in [4.78, 5) is 23.5. The molecule has 0 aliphatic carbocycles. The minimum atomic E-state index is -1.27. The van der Waals surface area contributed by atoms with Gasteiger partial charge in [-0.2, -0.15) is 0 Å². The summed E-state index contributed by atoms with van der Waals surface area (Å²) in [5, 5.41) is 9.58. The number of aromatic carboxylic acids is 1. The van der Waals surface area contributed by atoms with Crippen molar-refractivity contribution in [1.29, 1.82) is 0 Å². The number of carbonyl (C=O) groups is 1. The summed E-state index contributed by atoms with van der Waals surface area (Å²) in [6.45, 7) is 0. The second-order valence-corrected chi connectivity index (χ2v) is 5.12. The van der Waals surface area contributed by atoms with Gasteiger partial charge in [-0.3, -0.25) is 4.79 Å². The summed E-state index contributed by atoms with van der Waals surface area (Å²) in [5.74, 6) is -2.01. The molecular formula is C14H8FNO3S. The molecule has 1 N–H and O–H groups in total. The van der Waals surface area contributed by atoms with Crippen LogP contribution in [-0.4, -0.2) is 15.0 Å². The van der Waals surface area contributed by atoms with Crippen molar-refractivity contribution in [1.82, 2.24) is 3.96 Å². The SMILES string of the molecule is O=C(O)c1cccc(F)c1-n1sc2ccccc2c1=O. The molecular weight excluding hydrogens is 281 g/mol. The number of nitrogens with zero attached hydrogens (tertiary/aromatic N) is 1. The van der Waals surface area contributed by atoms with E-state index in [1.54, 1.807) is 24.3 Å². The first-order valence-corrected chi connectivity index (χ1v) is 6.50. The zero-order valence-corrected chi connectivity index (χ0v) is 10.9. The molecule has 0 fully saturated rings. The zero-order valence-electron chi connectivity index (χ0n) is 10.0.